The van der Waals surface area contributed by atoms with Gasteiger partial charge in [-0.2, -0.15) is 0 Å². The molecule has 0 atom stereocenters. The third-order valence-electron chi connectivity index (χ3n) is 0.871. The van der Waals surface area contributed by atoms with Crippen LogP contribution in [0.4, 0.5) is 0 Å². The minimum absolute atomic E-state index is 0.733. The Morgan fingerprint density at radius 2 is 2.45 bits per heavy atom. The van der Waals surface area contributed by atoms with E-state index in [-0.39, 0.29) is 0 Å². The Morgan fingerprint density at radius 3 is 2.64 bits per heavy atom. The van der Waals surface area contributed by atoms with E-state index in [1.807, 2.05) is 12.3 Å². The Balaban J connectivity index is 0.000000112. The van der Waals surface area contributed by atoms with E-state index in [1.165, 1.54) is 12.5 Å². The highest BCUT2D eigenvalue weighted by Gasteiger charge is 1.73. The van der Waals surface area contributed by atoms with Crippen LogP contribution in [0, 0.1) is 0 Å². The fourth-order valence-electron chi connectivity index (χ4n) is 0.466. The molecule has 0 bridgehead atoms. The van der Waals surface area contributed by atoms with Gasteiger partial charge in [-0.25, -0.2) is 0 Å². The Morgan fingerprint density at radius 1 is 1.45 bits per heavy atom. The second-order valence-electron chi connectivity index (χ2n) is 1.64. The molecule has 58 valence electrons. The van der Waals surface area contributed by atoms with Crippen LogP contribution in [0.15, 0.2) is 34.3 Å². The molecule has 5 nitrogen and oxygen atoms in total. The van der Waals surface area contributed by atoms with Gasteiger partial charge in [0, 0.05) is 11.5 Å². The quantitative estimate of drug-likeness (QED) is 0.576. The van der Waals surface area contributed by atoms with Crippen LogP contribution in [0.3, 0.4) is 0 Å². The zero-order valence-corrected chi connectivity index (χ0v) is 5.84. The first-order chi connectivity index (χ1) is 5.50. The maximum absolute atomic E-state index is 4.22. The molecule has 0 fully saturated rings. The Hall–Kier alpha value is -1.65. The standard InChI is InChI=1S/C4H6N2.C2H2N2O/c1-2-5-4-6-3-1;1-2-5-4-3-1/h1-3,5H,4H2;1-2H. The van der Waals surface area contributed by atoms with Crippen molar-refractivity contribution < 1.29 is 4.52 Å². The molecule has 2 heterocycles. The van der Waals surface area contributed by atoms with E-state index in [9.17, 15) is 0 Å². The monoisotopic (exact) mass is 152 g/mol. The summed E-state index contributed by atoms with van der Waals surface area (Å²) in [5.41, 5.74) is 0. The lowest BCUT2D eigenvalue weighted by Crippen LogP contribution is -2.06. The van der Waals surface area contributed by atoms with Crippen molar-refractivity contribution in [1.82, 2.24) is 15.7 Å². The first-order valence-electron chi connectivity index (χ1n) is 3.09. The van der Waals surface area contributed by atoms with E-state index in [0.717, 1.165) is 6.67 Å². The molecule has 0 saturated heterocycles. The van der Waals surface area contributed by atoms with Crippen molar-refractivity contribution in [3.05, 3.63) is 24.7 Å². The van der Waals surface area contributed by atoms with Crippen LogP contribution < -0.4 is 5.32 Å². The number of nitrogens with one attached hydrogen (secondary N) is 1. The van der Waals surface area contributed by atoms with Crippen molar-refractivity contribution in [1.29, 1.82) is 0 Å². The third-order valence-corrected chi connectivity index (χ3v) is 0.871. The van der Waals surface area contributed by atoms with Gasteiger partial charge in [0.25, 0.3) is 0 Å². The third kappa shape index (κ3) is 3.85. The van der Waals surface area contributed by atoms with Gasteiger partial charge < -0.3 is 9.84 Å². The van der Waals surface area contributed by atoms with Crippen molar-refractivity contribution in [2.75, 3.05) is 6.67 Å². The zero-order valence-electron chi connectivity index (χ0n) is 5.84. The lowest BCUT2D eigenvalue weighted by molar-refractivity contribution is 0.393. The van der Waals surface area contributed by atoms with Gasteiger partial charge in [-0.3, -0.25) is 4.99 Å². The topological polar surface area (TPSA) is 63.3 Å². The van der Waals surface area contributed by atoms with Crippen molar-refractivity contribution in [2.45, 2.75) is 0 Å². The summed E-state index contributed by atoms with van der Waals surface area (Å²) in [4.78, 5) is 3.85. The molecule has 1 aliphatic rings. The van der Waals surface area contributed by atoms with Gasteiger partial charge in [0.2, 0.25) is 0 Å². The normalized spacial score (nSPS) is 13.1. The molecule has 0 unspecified atom stereocenters. The molecule has 1 N–H and O–H groups in total. The molecule has 0 saturated carbocycles. The van der Waals surface area contributed by atoms with Gasteiger partial charge in [-0.15, -0.1) is 5.10 Å². The molecule has 0 aliphatic carbocycles. The average molecular weight is 152 g/mol. The zero-order chi connectivity index (χ0) is 7.78. The predicted molar refractivity (Wildman–Crippen MR) is 39.9 cm³/mol. The number of allylic oxidation sites excluding steroid dienone is 1. The fraction of sp³-hybridized carbons (Fsp3) is 0.167. The van der Waals surface area contributed by atoms with Crippen molar-refractivity contribution in [2.24, 2.45) is 4.99 Å². The SMILES string of the molecule is C1=CNCN=C1.c1conn1. The first kappa shape index (κ1) is 7.46. The van der Waals surface area contributed by atoms with Gasteiger partial charge in [0.15, 0.2) is 0 Å². The molecule has 0 amide bonds. The lowest BCUT2D eigenvalue weighted by atomic mass is 10.6. The summed E-state index contributed by atoms with van der Waals surface area (Å²) in [6.07, 6.45) is 8.38. The van der Waals surface area contributed by atoms with Crippen LogP contribution in [0.2, 0.25) is 0 Å². The van der Waals surface area contributed by atoms with Crippen LogP contribution in [-0.2, 0) is 0 Å². The molecule has 0 spiro atoms. The fourth-order valence-corrected chi connectivity index (χ4v) is 0.466. The van der Waals surface area contributed by atoms with E-state index in [0.29, 0.717) is 0 Å². The summed E-state index contributed by atoms with van der Waals surface area (Å²) >= 11 is 0. The van der Waals surface area contributed by atoms with Gasteiger partial charge in [0.05, 0.1) is 6.20 Å². The van der Waals surface area contributed by atoms with Crippen LogP contribution in [0.5, 0.6) is 0 Å². The smallest absolute Gasteiger partial charge is 0.144 e. The van der Waals surface area contributed by atoms with Crippen molar-refractivity contribution >= 4 is 6.21 Å². The highest BCUT2D eigenvalue weighted by molar-refractivity contribution is 5.71. The van der Waals surface area contributed by atoms with Crippen LogP contribution in [0.25, 0.3) is 0 Å². The van der Waals surface area contributed by atoms with Gasteiger partial charge in [0.1, 0.15) is 12.9 Å². The number of aromatic nitrogens is 2. The van der Waals surface area contributed by atoms with Crippen molar-refractivity contribution in [3.8, 4) is 0 Å². The molecule has 1 aliphatic heterocycles. The van der Waals surface area contributed by atoms with E-state index < -0.39 is 0 Å². The lowest BCUT2D eigenvalue weighted by Gasteiger charge is -1.94. The molecule has 0 aromatic carbocycles. The minimum atomic E-state index is 0.733. The maximum atomic E-state index is 4.22. The molecular formula is C6H8N4O. The molecule has 0 radical (unpaired) electrons. The highest BCUT2D eigenvalue weighted by atomic mass is 16.5. The van der Waals surface area contributed by atoms with E-state index in [1.54, 1.807) is 6.21 Å². The summed E-state index contributed by atoms with van der Waals surface area (Å²) in [6, 6.07) is 0. The summed E-state index contributed by atoms with van der Waals surface area (Å²) in [5.74, 6) is 0. The summed E-state index contributed by atoms with van der Waals surface area (Å²) in [6.45, 7) is 0.733. The predicted octanol–water partition coefficient (Wildman–Crippen LogP) is 0.201. The summed E-state index contributed by atoms with van der Waals surface area (Å²) < 4.78 is 4.22. The molecule has 1 aromatic rings. The van der Waals surface area contributed by atoms with Crippen LogP contribution >= 0.6 is 0 Å². The Kier molecular flexibility index (Phi) is 3.50. The molecule has 2 rings (SSSR count). The highest BCUT2D eigenvalue weighted by Crippen LogP contribution is 1.71. The maximum Gasteiger partial charge on any atom is 0.144 e. The van der Waals surface area contributed by atoms with Crippen LogP contribution in [-0.4, -0.2) is 23.3 Å². The molecule has 1 aromatic heterocycles. The number of hydrogen-bond acceptors (Lipinski definition) is 5. The second-order valence-corrected chi connectivity index (χ2v) is 1.64. The number of rotatable bonds is 0. The number of hydrogen-bond donors (Lipinski definition) is 1. The number of nitrogens with zero attached hydrogens (tertiary/aromatic N) is 3. The molecular weight excluding hydrogens is 144 g/mol. The largest absolute Gasteiger partial charge is 0.372 e. The first-order valence-corrected chi connectivity index (χ1v) is 3.09. The molecule has 5 heteroatoms. The van der Waals surface area contributed by atoms with E-state index in [2.05, 4.69) is 25.2 Å². The van der Waals surface area contributed by atoms with E-state index in [4.69, 9.17) is 0 Å². The molecule has 11 heavy (non-hydrogen) atoms. The van der Waals surface area contributed by atoms with Gasteiger partial charge in [-0.05, 0) is 12.3 Å². The van der Waals surface area contributed by atoms with Gasteiger partial charge in [-0.1, -0.05) is 0 Å². The summed E-state index contributed by atoms with van der Waals surface area (Å²) in [7, 11) is 0. The Bertz CT molecular complexity index is 187. The second kappa shape index (κ2) is 5.16. The summed E-state index contributed by atoms with van der Waals surface area (Å²) in [5, 5.41) is 9.31. The minimum Gasteiger partial charge on any atom is -0.372 e. The average Bonchev–Trinajstić information content (AvgIpc) is 2.64. The van der Waals surface area contributed by atoms with Crippen molar-refractivity contribution in [3.63, 3.8) is 0 Å². The number of aliphatic imine (C=N–C) groups is 1. The Labute approximate surface area is 63.8 Å². The van der Waals surface area contributed by atoms with Gasteiger partial charge >= 0.3 is 0 Å². The van der Waals surface area contributed by atoms with E-state index >= 15 is 0 Å². The van der Waals surface area contributed by atoms with Crippen LogP contribution in [0.1, 0.15) is 0 Å².